The Bertz CT molecular complexity index is 715. The summed E-state index contributed by atoms with van der Waals surface area (Å²) >= 11 is 0. The van der Waals surface area contributed by atoms with E-state index in [0.717, 1.165) is 44.6 Å². The lowest BCUT2D eigenvalue weighted by molar-refractivity contribution is -0.137. The van der Waals surface area contributed by atoms with Gasteiger partial charge in [-0.3, -0.25) is 4.79 Å². The molecule has 0 saturated heterocycles. The number of ether oxygens (including phenoxy) is 1. The van der Waals surface area contributed by atoms with E-state index in [-0.39, 0.29) is 6.42 Å². The maximum absolute atomic E-state index is 10.7. The minimum atomic E-state index is -0.711. The first-order chi connectivity index (χ1) is 12.7. The second-order valence-electron chi connectivity index (χ2n) is 6.82. The number of hydrogen-bond acceptors (Lipinski definition) is 3. The highest BCUT2D eigenvalue weighted by atomic mass is 16.5. The molecule has 138 valence electrons. The molecule has 0 spiro atoms. The topological polar surface area (TPSA) is 49.8 Å². The molecule has 0 aromatic heterocycles. The monoisotopic (exact) mass is 353 g/mol. The van der Waals surface area contributed by atoms with Gasteiger partial charge >= 0.3 is 5.97 Å². The van der Waals surface area contributed by atoms with Crippen molar-refractivity contribution in [1.82, 2.24) is 4.90 Å². The molecular weight excluding hydrogens is 326 g/mol. The maximum atomic E-state index is 10.7. The quantitative estimate of drug-likeness (QED) is 0.788. The fourth-order valence-electron chi connectivity index (χ4n) is 3.53. The third-order valence-corrected chi connectivity index (χ3v) is 4.96. The highest BCUT2D eigenvalue weighted by molar-refractivity contribution is 5.66. The van der Waals surface area contributed by atoms with E-state index in [0.29, 0.717) is 13.0 Å². The van der Waals surface area contributed by atoms with Crippen LogP contribution in [0.15, 0.2) is 48.5 Å². The van der Waals surface area contributed by atoms with Gasteiger partial charge < -0.3 is 14.7 Å². The minimum Gasteiger partial charge on any atom is -0.493 e. The number of aliphatic carboxylic acids is 1. The van der Waals surface area contributed by atoms with Crippen LogP contribution >= 0.6 is 0 Å². The Hall–Kier alpha value is -2.33. The number of nitrogens with zero attached hydrogens (tertiary/aromatic N) is 1. The fourth-order valence-corrected chi connectivity index (χ4v) is 3.53. The third-order valence-electron chi connectivity index (χ3n) is 4.96. The summed E-state index contributed by atoms with van der Waals surface area (Å²) in [5.74, 6) is 0.294. The summed E-state index contributed by atoms with van der Waals surface area (Å²) in [4.78, 5) is 13.1. The zero-order chi connectivity index (χ0) is 18.2. The Morgan fingerprint density at radius 2 is 1.85 bits per heavy atom. The van der Waals surface area contributed by atoms with Gasteiger partial charge in [-0.25, -0.2) is 0 Å². The molecule has 1 heterocycles. The van der Waals surface area contributed by atoms with E-state index in [4.69, 9.17) is 9.84 Å². The van der Waals surface area contributed by atoms with E-state index in [1.165, 1.54) is 16.7 Å². The molecule has 0 amide bonds. The maximum Gasteiger partial charge on any atom is 0.303 e. The first-order valence-electron chi connectivity index (χ1n) is 9.44. The van der Waals surface area contributed by atoms with Crippen molar-refractivity contribution < 1.29 is 14.6 Å². The van der Waals surface area contributed by atoms with Crippen molar-refractivity contribution in [1.29, 1.82) is 0 Å². The Morgan fingerprint density at radius 3 is 2.65 bits per heavy atom. The zero-order valence-corrected chi connectivity index (χ0v) is 15.2. The van der Waals surface area contributed by atoms with Crippen LogP contribution in [0.5, 0.6) is 5.75 Å². The van der Waals surface area contributed by atoms with Crippen LogP contribution in [0.4, 0.5) is 0 Å². The molecule has 4 heteroatoms. The van der Waals surface area contributed by atoms with Gasteiger partial charge in [-0.05, 0) is 48.6 Å². The minimum absolute atomic E-state index is 0.247. The Kier molecular flexibility index (Phi) is 6.67. The van der Waals surface area contributed by atoms with E-state index in [1.807, 2.05) is 6.07 Å². The van der Waals surface area contributed by atoms with Crippen LogP contribution in [0.1, 0.15) is 29.5 Å². The molecule has 2 aromatic rings. The van der Waals surface area contributed by atoms with Crippen molar-refractivity contribution in [3.05, 3.63) is 65.2 Å². The highest BCUT2D eigenvalue weighted by Crippen LogP contribution is 2.26. The smallest absolute Gasteiger partial charge is 0.303 e. The SMILES string of the molecule is O=C(O)CCCN1CCc2cccc(OCCc3ccccc3)c2CC1. The van der Waals surface area contributed by atoms with Crippen molar-refractivity contribution in [3.63, 3.8) is 0 Å². The van der Waals surface area contributed by atoms with Gasteiger partial charge in [0, 0.05) is 25.9 Å². The van der Waals surface area contributed by atoms with E-state index < -0.39 is 5.97 Å². The second-order valence-corrected chi connectivity index (χ2v) is 6.82. The molecule has 0 unspecified atom stereocenters. The van der Waals surface area contributed by atoms with Gasteiger partial charge in [0.05, 0.1) is 6.61 Å². The number of fused-ring (bicyclic) bond motifs is 1. The van der Waals surface area contributed by atoms with Crippen molar-refractivity contribution in [3.8, 4) is 5.75 Å². The van der Waals surface area contributed by atoms with E-state index in [2.05, 4.69) is 47.4 Å². The number of benzene rings is 2. The van der Waals surface area contributed by atoms with Crippen LogP contribution in [0.25, 0.3) is 0 Å². The molecule has 2 aromatic carbocycles. The third kappa shape index (κ3) is 5.33. The molecule has 1 N–H and O–H groups in total. The highest BCUT2D eigenvalue weighted by Gasteiger charge is 2.17. The van der Waals surface area contributed by atoms with Crippen molar-refractivity contribution >= 4 is 5.97 Å². The van der Waals surface area contributed by atoms with Crippen LogP contribution in [0, 0.1) is 0 Å². The zero-order valence-electron chi connectivity index (χ0n) is 15.2. The van der Waals surface area contributed by atoms with Gasteiger partial charge in [0.2, 0.25) is 0 Å². The molecule has 0 radical (unpaired) electrons. The lowest BCUT2D eigenvalue weighted by Gasteiger charge is -2.19. The first kappa shape index (κ1) is 18.5. The number of carbonyl (C=O) groups is 1. The lowest BCUT2D eigenvalue weighted by Crippen LogP contribution is -2.27. The van der Waals surface area contributed by atoms with Crippen LogP contribution in [-0.2, 0) is 24.1 Å². The summed E-state index contributed by atoms with van der Waals surface area (Å²) in [7, 11) is 0. The molecule has 0 fully saturated rings. The Morgan fingerprint density at radius 1 is 1.04 bits per heavy atom. The summed E-state index contributed by atoms with van der Waals surface area (Å²) < 4.78 is 6.12. The van der Waals surface area contributed by atoms with Crippen molar-refractivity contribution in [2.75, 3.05) is 26.2 Å². The van der Waals surface area contributed by atoms with Gasteiger partial charge in [-0.2, -0.15) is 0 Å². The van der Waals surface area contributed by atoms with Crippen LogP contribution < -0.4 is 4.74 Å². The first-order valence-corrected chi connectivity index (χ1v) is 9.44. The summed E-state index contributed by atoms with van der Waals surface area (Å²) in [6.45, 7) is 3.49. The Labute approximate surface area is 155 Å². The second kappa shape index (κ2) is 9.39. The van der Waals surface area contributed by atoms with Gasteiger partial charge in [0.15, 0.2) is 0 Å². The lowest BCUT2D eigenvalue weighted by atomic mass is 10.0. The fraction of sp³-hybridized carbons (Fsp3) is 0.409. The number of carboxylic acid groups (broad SMARTS) is 1. The van der Waals surface area contributed by atoms with Gasteiger partial charge in [-0.1, -0.05) is 42.5 Å². The van der Waals surface area contributed by atoms with E-state index in [9.17, 15) is 4.79 Å². The van der Waals surface area contributed by atoms with Gasteiger partial charge in [0.1, 0.15) is 5.75 Å². The summed E-state index contributed by atoms with van der Waals surface area (Å²) in [5, 5.41) is 8.81. The van der Waals surface area contributed by atoms with Crippen molar-refractivity contribution in [2.45, 2.75) is 32.1 Å². The molecular formula is C22H27NO3. The largest absolute Gasteiger partial charge is 0.493 e. The standard InChI is InChI=1S/C22H27NO3/c24-22(25)10-5-14-23-15-11-19-8-4-9-21(20(19)12-16-23)26-17-13-18-6-2-1-3-7-18/h1-4,6-9H,5,10-17H2,(H,24,25). The van der Waals surface area contributed by atoms with Crippen LogP contribution in [-0.4, -0.2) is 42.2 Å². The summed E-state index contributed by atoms with van der Waals surface area (Å²) in [6, 6.07) is 16.8. The van der Waals surface area contributed by atoms with Crippen molar-refractivity contribution in [2.24, 2.45) is 0 Å². The molecule has 1 aliphatic heterocycles. The normalized spacial score (nSPS) is 14.5. The average Bonchev–Trinajstić information content (AvgIpc) is 2.86. The molecule has 0 atom stereocenters. The number of carboxylic acids is 1. The van der Waals surface area contributed by atoms with Crippen LogP contribution in [0.3, 0.4) is 0 Å². The Balaban J connectivity index is 1.55. The van der Waals surface area contributed by atoms with Gasteiger partial charge in [0.25, 0.3) is 0 Å². The molecule has 26 heavy (non-hydrogen) atoms. The predicted octanol–water partition coefficient (Wildman–Crippen LogP) is 3.57. The molecule has 3 rings (SSSR count). The molecule has 0 saturated carbocycles. The van der Waals surface area contributed by atoms with Crippen LogP contribution in [0.2, 0.25) is 0 Å². The van der Waals surface area contributed by atoms with E-state index >= 15 is 0 Å². The molecule has 1 aliphatic rings. The average molecular weight is 353 g/mol. The van der Waals surface area contributed by atoms with E-state index in [1.54, 1.807) is 0 Å². The summed E-state index contributed by atoms with van der Waals surface area (Å²) in [6.07, 6.45) is 3.83. The number of hydrogen-bond donors (Lipinski definition) is 1. The predicted molar refractivity (Wildman–Crippen MR) is 103 cm³/mol. The molecule has 0 bridgehead atoms. The molecule has 0 aliphatic carbocycles. The summed E-state index contributed by atoms with van der Waals surface area (Å²) in [5.41, 5.74) is 3.98. The van der Waals surface area contributed by atoms with Gasteiger partial charge in [-0.15, -0.1) is 0 Å². The molecule has 4 nitrogen and oxygen atoms in total. The number of rotatable bonds is 8.